The van der Waals surface area contributed by atoms with E-state index in [0.717, 1.165) is 24.0 Å². The Morgan fingerprint density at radius 3 is 2.76 bits per heavy atom. The van der Waals surface area contributed by atoms with Crippen LogP contribution in [0.15, 0.2) is 59.5 Å². The number of carbonyl (C=O) groups is 1. The maximum Gasteiger partial charge on any atom is 0.267 e. The first-order valence-corrected chi connectivity index (χ1v) is 11.5. The van der Waals surface area contributed by atoms with Crippen LogP contribution in [0.25, 0.3) is 16.7 Å². The minimum absolute atomic E-state index is 0.0191. The molecule has 0 aliphatic carbocycles. The summed E-state index contributed by atoms with van der Waals surface area (Å²) in [6.45, 7) is 4.82. The van der Waals surface area contributed by atoms with Crippen molar-refractivity contribution in [2.45, 2.75) is 45.4 Å². The molecule has 4 heterocycles. The fraction of sp³-hybridized carbons (Fsp3) is 0.308. The van der Waals surface area contributed by atoms with Gasteiger partial charge in [0, 0.05) is 12.8 Å². The first kappa shape index (κ1) is 22.0. The van der Waals surface area contributed by atoms with E-state index in [-0.39, 0.29) is 28.8 Å². The van der Waals surface area contributed by atoms with E-state index in [1.54, 1.807) is 16.8 Å². The van der Waals surface area contributed by atoms with E-state index in [1.807, 2.05) is 50.2 Å². The van der Waals surface area contributed by atoms with E-state index >= 15 is 0 Å². The number of carbonyl (C=O) groups excluding carboxylic acids is 1. The molecule has 1 amide bonds. The number of nitrogens with one attached hydrogen (secondary N) is 2. The third kappa shape index (κ3) is 3.90. The van der Waals surface area contributed by atoms with Gasteiger partial charge in [-0.3, -0.25) is 19.4 Å². The summed E-state index contributed by atoms with van der Waals surface area (Å²) in [7, 11) is 0. The van der Waals surface area contributed by atoms with Crippen molar-refractivity contribution in [2.24, 2.45) is 0 Å². The summed E-state index contributed by atoms with van der Waals surface area (Å²) in [5.41, 5.74) is 2.64. The number of amides is 1. The highest BCUT2D eigenvalue weighted by atomic mass is 16.5. The van der Waals surface area contributed by atoms with E-state index < -0.39 is 5.91 Å². The van der Waals surface area contributed by atoms with Crippen LogP contribution in [0.5, 0.6) is 0 Å². The number of hydrogen-bond acceptors (Lipinski definition) is 5. The molecule has 1 aliphatic heterocycles. The van der Waals surface area contributed by atoms with Crippen LogP contribution in [-0.4, -0.2) is 32.6 Å². The molecular weight excluding hydrogens is 430 g/mol. The lowest BCUT2D eigenvalue weighted by atomic mass is 10.1. The average Bonchev–Trinajstić information content (AvgIpc) is 3.35. The predicted molar refractivity (Wildman–Crippen MR) is 129 cm³/mol. The molecule has 0 radical (unpaired) electrons. The van der Waals surface area contributed by atoms with Gasteiger partial charge in [0.2, 0.25) is 0 Å². The Morgan fingerprint density at radius 1 is 1.24 bits per heavy atom. The molecule has 1 fully saturated rings. The molecule has 2 unspecified atom stereocenters. The topological polar surface area (TPSA) is 101 Å². The minimum Gasteiger partial charge on any atom is -0.376 e. The number of aromatic nitrogens is 3. The van der Waals surface area contributed by atoms with Crippen LogP contribution in [0.1, 0.15) is 47.3 Å². The van der Waals surface area contributed by atoms with Crippen molar-refractivity contribution in [3.8, 4) is 0 Å². The zero-order chi connectivity index (χ0) is 23.8. The van der Waals surface area contributed by atoms with Crippen LogP contribution in [0.4, 0.5) is 0 Å². The molecule has 8 nitrogen and oxygen atoms in total. The number of benzene rings is 1. The highest BCUT2D eigenvalue weighted by Crippen LogP contribution is 2.18. The van der Waals surface area contributed by atoms with Crippen LogP contribution in [-0.2, 0) is 11.3 Å². The summed E-state index contributed by atoms with van der Waals surface area (Å²) in [5, 5.41) is 12.2. The van der Waals surface area contributed by atoms with E-state index in [9.17, 15) is 9.59 Å². The molecular formula is C26H27N5O3. The summed E-state index contributed by atoms with van der Waals surface area (Å²) in [6.07, 6.45) is 3.40. The molecule has 5 rings (SSSR count). The van der Waals surface area contributed by atoms with Gasteiger partial charge in [-0.1, -0.05) is 36.4 Å². The second kappa shape index (κ2) is 8.87. The molecule has 1 saturated heterocycles. The van der Waals surface area contributed by atoms with Gasteiger partial charge >= 0.3 is 0 Å². The molecule has 4 aromatic rings. The summed E-state index contributed by atoms with van der Waals surface area (Å²) in [5.74, 6) is -0.405. The molecule has 1 aromatic carbocycles. The third-order valence-corrected chi connectivity index (χ3v) is 6.44. The van der Waals surface area contributed by atoms with Gasteiger partial charge < -0.3 is 14.6 Å². The van der Waals surface area contributed by atoms with Gasteiger partial charge in [0.25, 0.3) is 11.5 Å². The Labute approximate surface area is 196 Å². The molecule has 34 heavy (non-hydrogen) atoms. The Morgan fingerprint density at radius 2 is 2.03 bits per heavy atom. The van der Waals surface area contributed by atoms with Crippen LogP contribution < -0.4 is 16.4 Å². The molecule has 1 aliphatic rings. The Kier molecular flexibility index (Phi) is 5.75. The summed E-state index contributed by atoms with van der Waals surface area (Å²) < 4.78 is 8.96. The number of fused-ring (bicyclic) bond motifs is 2. The summed E-state index contributed by atoms with van der Waals surface area (Å²) >= 11 is 0. The molecule has 0 saturated carbocycles. The lowest BCUT2D eigenvalue weighted by Gasteiger charge is -2.19. The molecule has 8 heteroatoms. The second-order valence-electron chi connectivity index (χ2n) is 8.80. The third-order valence-electron chi connectivity index (χ3n) is 6.44. The quantitative estimate of drug-likeness (QED) is 0.450. The minimum atomic E-state index is -0.405. The van der Waals surface area contributed by atoms with Gasteiger partial charge in [-0.25, -0.2) is 4.98 Å². The maximum atomic E-state index is 13.4. The maximum absolute atomic E-state index is 13.4. The zero-order valence-electron chi connectivity index (χ0n) is 19.2. The lowest BCUT2D eigenvalue weighted by Crippen LogP contribution is -2.37. The summed E-state index contributed by atoms with van der Waals surface area (Å²) in [6, 6.07) is 14.6. The monoisotopic (exact) mass is 457 g/mol. The number of ether oxygens (including phenoxy) is 1. The molecule has 174 valence electrons. The number of rotatable bonds is 5. The van der Waals surface area contributed by atoms with Gasteiger partial charge in [0.05, 0.1) is 29.6 Å². The average molecular weight is 458 g/mol. The van der Waals surface area contributed by atoms with Gasteiger partial charge in [-0.15, -0.1) is 0 Å². The van der Waals surface area contributed by atoms with E-state index in [1.165, 1.54) is 10.5 Å². The first-order valence-electron chi connectivity index (χ1n) is 11.5. The SMILES string of the molecule is Cc1cccn2c(=O)c3cc(C(=O)NC(C)c4ccccc4)c(=N)n(CC4CCCO4)c3nc12. The second-order valence-corrected chi connectivity index (χ2v) is 8.80. The number of pyridine rings is 2. The molecule has 0 bridgehead atoms. The standard InChI is InChI=1S/C26H27N5O3/c1-16-8-6-12-30-23(16)29-24-21(26(30)33)14-20(22(27)31(24)15-19-11-7-13-34-19)25(32)28-17(2)18-9-4-3-5-10-18/h3-6,8-10,12,14,17,19,27H,7,11,13,15H2,1-2H3,(H,28,32). The van der Waals surface area contributed by atoms with Crippen molar-refractivity contribution in [1.82, 2.24) is 19.3 Å². The van der Waals surface area contributed by atoms with Crippen molar-refractivity contribution in [1.29, 1.82) is 5.41 Å². The van der Waals surface area contributed by atoms with E-state index in [2.05, 4.69) is 5.32 Å². The lowest BCUT2D eigenvalue weighted by molar-refractivity contribution is 0.0923. The van der Waals surface area contributed by atoms with Gasteiger partial charge in [-0.2, -0.15) is 0 Å². The van der Waals surface area contributed by atoms with Crippen molar-refractivity contribution < 1.29 is 9.53 Å². The predicted octanol–water partition coefficient (Wildman–Crippen LogP) is 3.11. The smallest absolute Gasteiger partial charge is 0.267 e. The number of nitrogens with zero attached hydrogens (tertiary/aromatic N) is 3. The molecule has 3 aromatic heterocycles. The van der Waals surface area contributed by atoms with Gasteiger partial charge in [-0.05, 0) is 49.9 Å². The van der Waals surface area contributed by atoms with Crippen molar-refractivity contribution in [3.63, 3.8) is 0 Å². The van der Waals surface area contributed by atoms with Crippen molar-refractivity contribution in [2.75, 3.05) is 6.61 Å². The Balaban J connectivity index is 1.67. The molecule has 2 atom stereocenters. The molecule has 2 N–H and O–H groups in total. The Hall–Kier alpha value is -3.78. The highest BCUT2D eigenvalue weighted by Gasteiger charge is 2.23. The zero-order valence-corrected chi connectivity index (χ0v) is 19.2. The fourth-order valence-corrected chi connectivity index (χ4v) is 4.54. The van der Waals surface area contributed by atoms with Gasteiger partial charge in [0.1, 0.15) is 16.8 Å². The largest absolute Gasteiger partial charge is 0.376 e. The van der Waals surface area contributed by atoms with Crippen LogP contribution in [0.3, 0.4) is 0 Å². The number of aryl methyl sites for hydroxylation is 1. The van der Waals surface area contributed by atoms with E-state index in [4.69, 9.17) is 15.1 Å². The van der Waals surface area contributed by atoms with Gasteiger partial charge in [0.15, 0.2) is 0 Å². The van der Waals surface area contributed by atoms with Crippen molar-refractivity contribution in [3.05, 3.63) is 87.3 Å². The first-order chi connectivity index (χ1) is 16.4. The molecule has 0 spiro atoms. The van der Waals surface area contributed by atoms with Crippen LogP contribution in [0, 0.1) is 12.3 Å². The van der Waals surface area contributed by atoms with Crippen LogP contribution >= 0.6 is 0 Å². The number of hydrogen-bond donors (Lipinski definition) is 2. The van der Waals surface area contributed by atoms with E-state index in [0.29, 0.717) is 29.8 Å². The summed E-state index contributed by atoms with van der Waals surface area (Å²) in [4.78, 5) is 31.5. The van der Waals surface area contributed by atoms with Crippen molar-refractivity contribution >= 4 is 22.6 Å². The normalized spacial score (nSPS) is 16.7. The fourth-order valence-electron chi connectivity index (χ4n) is 4.54. The highest BCUT2D eigenvalue weighted by molar-refractivity contribution is 5.97. The van der Waals surface area contributed by atoms with Crippen LogP contribution in [0.2, 0.25) is 0 Å². The Bertz CT molecular complexity index is 1500.